The Bertz CT molecular complexity index is 272. The van der Waals surface area contributed by atoms with Crippen molar-refractivity contribution in [1.82, 2.24) is 5.32 Å². The number of hydrogen-bond acceptors (Lipinski definition) is 2. The zero-order valence-electron chi connectivity index (χ0n) is 7.99. The number of allylic oxidation sites excluding steroid dienone is 1. The van der Waals surface area contributed by atoms with Crippen molar-refractivity contribution in [3.05, 3.63) is 12.2 Å². The summed E-state index contributed by atoms with van der Waals surface area (Å²) in [7, 11) is 0. The van der Waals surface area contributed by atoms with E-state index in [0.717, 1.165) is 25.7 Å². The molecule has 0 radical (unpaired) electrons. The summed E-state index contributed by atoms with van der Waals surface area (Å²) in [6.45, 7) is 0.417. The second-order valence-corrected chi connectivity index (χ2v) is 3.69. The van der Waals surface area contributed by atoms with Crippen molar-refractivity contribution in [2.75, 3.05) is 6.54 Å². The zero-order chi connectivity index (χ0) is 10.4. The summed E-state index contributed by atoms with van der Waals surface area (Å²) in [5.41, 5.74) is -0.117. The van der Waals surface area contributed by atoms with E-state index in [9.17, 15) is 4.79 Å². The van der Waals surface area contributed by atoms with Crippen LogP contribution in [0.15, 0.2) is 12.2 Å². The fourth-order valence-corrected chi connectivity index (χ4v) is 1.95. The van der Waals surface area contributed by atoms with E-state index >= 15 is 0 Å². The molecule has 1 saturated carbocycles. The highest BCUT2D eigenvalue weighted by Crippen LogP contribution is 2.38. The maximum absolute atomic E-state index is 10.4. The van der Waals surface area contributed by atoms with Gasteiger partial charge in [0.05, 0.1) is 6.07 Å². The number of nitriles is 1. The van der Waals surface area contributed by atoms with Crippen molar-refractivity contribution in [2.45, 2.75) is 25.7 Å². The van der Waals surface area contributed by atoms with Gasteiger partial charge >= 0.3 is 6.09 Å². The Labute approximate surface area is 83.2 Å². The highest BCUT2D eigenvalue weighted by molar-refractivity contribution is 5.64. The van der Waals surface area contributed by atoms with E-state index in [1.165, 1.54) is 6.08 Å². The van der Waals surface area contributed by atoms with E-state index < -0.39 is 6.09 Å². The molecule has 0 aromatic rings. The van der Waals surface area contributed by atoms with Gasteiger partial charge in [-0.25, -0.2) is 4.79 Å². The van der Waals surface area contributed by atoms with Gasteiger partial charge in [0.15, 0.2) is 0 Å². The first-order valence-corrected chi connectivity index (χ1v) is 4.73. The van der Waals surface area contributed by atoms with Crippen LogP contribution in [0.3, 0.4) is 0 Å². The quantitative estimate of drug-likeness (QED) is 0.674. The minimum atomic E-state index is -0.998. The normalized spacial score (nSPS) is 19.4. The summed E-state index contributed by atoms with van der Waals surface area (Å²) in [5.74, 6) is 0. The number of amides is 1. The van der Waals surface area contributed by atoms with Crippen LogP contribution >= 0.6 is 0 Å². The Morgan fingerprint density at radius 2 is 2.21 bits per heavy atom. The first-order valence-electron chi connectivity index (χ1n) is 4.73. The van der Waals surface area contributed by atoms with Gasteiger partial charge < -0.3 is 10.4 Å². The lowest BCUT2D eigenvalue weighted by Crippen LogP contribution is -2.33. The number of hydrogen-bond donors (Lipinski definition) is 2. The smallest absolute Gasteiger partial charge is 0.404 e. The van der Waals surface area contributed by atoms with E-state index in [0.29, 0.717) is 6.54 Å². The van der Waals surface area contributed by atoms with Gasteiger partial charge in [0, 0.05) is 18.0 Å². The van der Waals surface area contributed by atoms with Gasteiger partial charge in [0.25, 0.3) is 0 Å². The first-order chi connectivity index (χ1) is 6.68. The maximum Gasteiger partial charge on any atom is 0.404 e. The van der Waals surface area contributed by atoms with Gasteiger partial charge in [-0.3, -0.25) is 0 Å². The molecule has 1 amide bonds. The summed E-state index contributed by atoms with van der Waals surface area (Å²) < 4.78 is 0. The number of carbonyl (C=O) groups is 1. The van der Waals surface area contributed by atoms with Crippen LogP contribution in [0.4, 0.5) is 4.79 Å². The number of nitrogens with zero attached hydrogens (tertiary/aromatic N) is 1. The first kappa shape index (κ1) is 10.6. The molecule has 0 spiro atoms. The summed E-state index contributed by atoms with van der Waals surface area (Å²) in [4.78, 5) is 10.4. The lowest BCUT2D eigenvalue weighted by atomic mass is 9.86. The summed E-state index contributed by atoms with van der Waals surface area (Å²) in [6, 6.07) is 1.95. The highest BCUT2D eigenvalue weighted by Gasteiger charge is 2.31. The highest BCUT2D eigenvalue weighted by atomic mass is 16.4. The molecule has 2 N–H and O–H groups in total. The van der Waals surface area contributed by atoms with Gasteiger partial charge in [-0.05, 0) is 12.8 Å². The van der Waals surface area contributed by atoms with Gasteiger partial charge in [-0.2, -0.15) is 5.26 Å². The van der Waals surface area contributed by atoms with Crippen molar-refractivity contribution in [2.24, 2.45) is 5.41 Å². The monoisotopic (exact) mass is 194 g/mol. The minimum Gasteiger partial charge on any atom is -0.465 e. The van der Waals surface area contributed by atoms with Crippen LogP contribution in [0.25, 0.3) is 0 Å². The van der Waals surface area contributed by atoms with Crippen LogP contribution in [0.5, 0.6) is 0 Å². The molecule has 0 atom stereocenters. The van der Waals surface area contributed by atoms with Crippen LogP contribution < -0.4 is 5.32 Å². The summed E-state index contributed by atoms with van der Waals surface area (Å²) in [6.07, 6.45) is 6.44. The Hall–Kier alpha value is -1.50. The Morgan fingerprint density at radius 1 is 1.57 bits per heavy atom. The molecule has 0 unspecified atom stereocenters. The van der Waals surface area contributed by atoms with Gasteiger partial charge in [0.2, 0.25) is 0 Å². The molecule has 76 valence electrons. The third kappa shape index (κ3) is 2.77. The minimum absolute atomic E-state index is 0.117. The third-order valence-corrected chi connectivity index (χ3v) is 2.70. The molecule has 4 nitrogen and oxygen atoms in total. The van der Waals surface area contributed by atoms with Crippen LogP contribution in [0.1, 0.15) is 25.7 Å². The number of rotatable bonds is 3. The predicted molar refractivity (Wildman–Crippen MR) is 51.7 cm³/mol. The van der Waals surface area contributed by atoms with Crippen molar-refractivity contribution >= 4 is 6.09 Å². The van der Waals surface area contributed by atoms with Crippen molar-refractivity contribution in [3.8, 4) is 6.07 Å². The van der Waals surface area contributed by atoms with Crippen LogP contribution in [-0.2, 0) is 0 Å². The van der Waals surface area contributed by atoms with Gasteiger partial charge in [0.1, 0.15) is 0 Å². The standard InChI is InChI=1S/C10H14N2O2/c11-7-3-6-10(4-1-2-5-10)8-12-9(13)14/h3,6,12H,1-2,4-5,8H2,(H,13,14)/b6-3+. The predicted octanol–water partition coefficient (Wildman–Crippen LogP) is 1.89. The summed E-state index contributed by atoms with van der Waals surface area (Å²) in [5, 5.41) is 19.4. The lowest BCUT2D eigenvalue weighted by Gasteiger charge is -2.24. The van der Waals surface area contributed by atoms with E-state index in [-0.39, 0.29) is 5.41 Å². The molecule has 1 rings (SSSR count). The Morgan fingerprint density at radius 3 is 2.71 bits per heavy atom. The average molecular weight is 194 g/mol. The maximum atomic E-state index is 10.4. The second-order valence-electron chi connectivity index (χ2n) is 3.69. The molecule has 0 saturated heterocycles. The fraction of sp³-hybridized carbons (Fsp3) is 0.600. The van der Waals surface area contributed by atoms with E-state index in [2.05, 4.69) is 5.32 Å². The molecule has 0 aromatic carbocycles. The van der Waals surface area contributed by atoms with Crippen molar-refractivity contribution in [1.29, 1.82) is 5.26 Å². The zero-order valence-corrected chi connectivity index (χ0v) is 7.99. The number of carboxylic acid groups (broad SMARTS) is 1. The topological polar surface area (TPSA) is 73.1 Å². The Balaban J connectivity index is 2.58. The van der Waals surface area contributed by atoms with E-state index in [1.54, 1.807) is 0 Å². The van der Waals surface area contributed by atoms with Gasteiger partial charge in [-0.15, -0.1) is 0 Å². The van der Waals surface area contributed by atoms with Crippen LogP contribution in [0, 0.1) is 16.7 Å². The molecular weight excluding hydrogens is 180 g/mol. The SMILES string of the molecule is N#C/C=C/C1(CNC(=O)O)CCCC1. The van der Waals surface area contributed by atoms with E-state index in [1.807, 2.05) is 12.1 Å². The van der Waals surface area contributed by atoms with Crippen LogP contribution in [0.2, 0.25) is 0 Å². The van der Waals surface area contributed by atoms with Crippen molar-refractivity contribution in [3.63, 3.8) is 0 Å². The summed E-state index contributed by atoms with van der Waals surface area (Å²) >= 11 is 0. The van der Waals surface area contributed by atoms with Gasteiger partial charge in [-0.1, -0.05) is 18.9 Å². The number of nitrogens with one attached hydrogen (secondary N) is 1. The lowest BCUT2D eigenvalue weighted by molar-refractivity contribution is 0.189. The van der Waals surface area contributed by atoms with Crippen LogP contribution in [-0.4, -0.2) is 17.7 Å². The third-order valence-electron chi connectivity index (χ3n) is 2.70. The average Bonchev–Trinajstić information content (AvgIpc) is 2.61. The Kier molecular flexibility index (Phi) is 3.52. The molecule has 0 aliphatic heterocycles. The molecule has 0 bridgehead atoms. The molecule has 1 aliphatic rings. The molecule has 14 heavy (non-hydrogen) atoms. The molecule has 4 heteroatoms. The van der Waals surface area contributed by atoms with Crippen molar-refractivity contribution < 1.29 is 9.90 Å². The molecule has 1 aliphatic carbocycles. The molecule has 1 fully saturated rings. The second kappa shape index (κ2) is 4.66. The molecule has 0 aromatic heterocycles. The van der Waals surface area contributed by atoms with E-state index in [4.69, 9.17) is 10.4 Å². The fourth-order valence-electron chi connectivity index (χ4n) is 1.95. The molecule has 0 heterocycles. The molecular formula is C10H14N2O2. The largest absolute Gasteiger partial charge is 0.465 e.